The van der Waals surface area contributed by atoms with Crippen molar-refractivity contribution in [3.05, 3.63) is 53.5 Å². The number of rotatable bonds is 4. The lowest BCUT2D eigenvalue weighted by Gasteiger charge is -2.24. The second-order valence-electron chi connectivity index (χ2n) is 6.23. The highest BCUT2D eigenvalue weighted by molar-refractivity contribution is 5.95. The number of hydrogen-bond donors (Lipinski definition) is 1. The van der Waals surface area contributed by atoms with Crippen molar-refractivity contribution in [3.63, 3.8) is 0 Å². The van der Waals surface area contributed by atoms with Gasteiger partial charge in [0.15, 0.2) is 11.5 Å². The van der Waals surface area contributed by atoms with E-state index in [2.05, 4.69) is 20.4 Å². The molecule has 0 aliphatic carbocycles. The van der Waals surface area contributed by atoms with Crippen LogP contribution in [-0.2, 0) is 4.79 Å². The maximum absolute atomic E-state index is 12.4. The molecule has 3 heterocycles. The third kappa shape index (κ3) is 2.88. The summed E-state index contributed by atoms with van der Waals surface area (Å²) in [5.74, 6) is 2.06. The van der Waals surface area contributed by atoms with Crippen molar-refractivity contribution in [1.29, 1.82) is 0 Å². The molecule has 4 rings (SSSR count). The molecule has 1 atom stereocenters. The average Bonchev–Trinajstić information content (AvgIpc) is 3.03. The smallest absolute Gasteiger partial charge is 0.252 e. The summed E-state index contributed by atoms with van der Waals surface area (Å²) in [5.41, 5.74) is 2.73. The molecule has 1 aromatic carbocycles. The summed E-state index contributed by atoms with van der Waals surface area (Å²) in [6.45, 7) is 1.92. The first-order valence-corrected chi connectivity index (χ1v) is 8.51. The highest BCUT2D eigenvalue weighted by Gasteiger charge is 2.33. The zero-order chi connectivity index (χ0) is 19.0. The summed E-state index contributed by atoms with van der Waals surface area (Å²) in [5, 5.41) is 7.49. The summed E-state index contributed by atoms with van der Waals surface area (Å²) in [7, 11) is 3.19. The first-order valence-electron chi connectivity index (χ1n) is 8.51. The van der Waals surface area contributed by atoms with E-state index in [-0.39, 0.29) is 11.8 Å². The Bertz CT molecular complexity index is 1000. The number of nitrogens with zero attached hydrogens (tertiary/aromatic N) is 4. The van der Waals surface area contributed by atoms with Crippen LogP contribution in [0.4, 0.5) is 5.82 Å². The van der Waals surface area contributed by atoms with Gasteiger partial charge in [0.25, 0.3) is 5.95 Å². The van der Waals surface area contributed by atoms with E-state index >= 15 is 0 Å². The Morgan fingerprint density at radius 2 is 1.89 bits per heavy atom. The lowest BCUT2D eigenvalue weighted by molar-refractivity contribution is -0.116. The number of anilines is 1. The van der Waals surface area contributed by atoms with Gasteiger partial charge in [-0.3, -0.25) is 4.79 Å². The lowest BCUT2D eigenvalue weighted by Crippen LogP contribution is -2.25. The Balaban J connectivity index is 1.85. The second-order valence-corrected chi connectivity index (χ2v) is 6.23. The molecule has 0 radical (unpaired) electrons. The van der Waals surface area contributed by atoms with E-state index in [4.69, 9.17) is 9.47 Å². The maximum atomic E-state index is 12.4. The Hall–Kier alpha value is -3.42. The fraction of sp³-hybridized carbons (Fsp3) is 0.263. The van der Waals surface area contributed by atoms with Crippen LogP contribution in [0.2, 0.25) is 0 Å². The van der Waals surface area contributed by atoms with Gasteiger partial charge in [0.1, 0.15) is 5.82 Å². The van der Waals surface area contributed by atoms with E-state index in [0.717, 1.165) is 16.8 Å². The van der Waals surface area contributed by atoms with Crippen molar-refractivity contribution >= 4 is 11.7 Å². The van der Waals surface area contributed by atoms with Crippen molar-refractivity contribution in [2.24, 2.45) is 0 Å². The molecule has 1 aliphatic heterocycles. The Labute approximate surface area is 156 Å². The molecular weight excluding hydrogens is 346 g/mol. The van der Waals surface area contributed by atoms with Crippen LogP contribution in [0.25, 0.3) is 5.95 Å². The van der Waals surface area contributed by atoms with Crippen LogP contribution in [0.1, 0.15) is 29.2 Å². The van der Waals surface area contributed by atoms with E-state index in [1.54, 1.807) is 37.4 Å². The number of methoxy groups -OCH3 is 2. The molecule has 0 saturated carbocycles. The molecule has 1 N–H and O–H groups in total. The van der Waals surface area contributed by atoms with Gasteiger partial charge in [-0.2, -0.15) is 9.78 Å². The van der Waals surface area contributed by atoms with Crippen LogP contribution in [0, 0.1) is 6.92 Å². The van der Waals surface area contributed by atoms with Crippen LogP contribution >= 0.6 is 0 Å². The summed E-state index contributed by atoms with van der Waals surface area (Å²) >= 11 is 0. The maximum Gasteiger partial charge on any atom is 0.252 e. The number of amides is 1. The molecule has 3 aromatic rings. The van der Waals surface area contributed by atoms with Gasteiger partial charge in [0, 0.05) is 30.3 Å². The van der Waals surface area contributed by atoms with Gasteiger partial charge in [-0.05, 0) is 30.7 Å². The molecule has 0 saturated heterocycles. The monoisotopic (exact) mass is 365 g/mol. The van der Waals surface area contributed by atoms with E-state index in [0.29, 0.717) is 29.7 Å². The highest BCUT2D eigenvalue weighted by Crippen LogP contribution is 2.42. The van der Waals surface area contributed by atoms with Crippen molar-refractivity contribution in [1.82, 2.24) is 19.7 Å². The molecule has 8 heteroatoms. The molecule has 1 amide bonds. The Morgan fingerprint density at radius 3 is 2.59 bits per heavy atom. The molecule has 27 heavy (non-hydrogen) atoms. The lowest BCUT2D eigenvalue weighted by atomic mass is 9.85. The zero-order valence-electron chi connectivity index (χ0n) is 15.3. The fourth-order valence-electron chi connectivity index (χ4n) is 3.45. The third-order valence-electron chi connectivity index (χ3n) is 4.65. The number of nitrogens with one attached hydrogen (secondary N) is 1. The summed E-state index contributed by atoms with van der Waals surface area (Å²) in [6.07, 6.45) is 3.61. The number of benzene rings is 1. The SMILES string of the molecule is COc1ccc([C@@H]2CC(=O)Nc3c2c(C)nn3-c2ncccn2)cc1OC. The van der Waals surface area contributed by atoms with E-state index < -0.39 is 0 Å². The van der Waals surface area contributed by atoms with Gasteiger partial charge >= 0.3 is 0 Å². The quantitative estimate of drug-likeness (QED) is 0.764. The van der Waals surface area contributed by atoms with Crippen LogP contribution in [0.3, 0.4) is 0 Å². The zero-order valence-corrected chi connectivity index (χ0v) is 15.3. The predicted octanol–water partition coefficient (Wildman–Crippen LogP) is 2.46. The normalized spacial score (nSPS) is 15.8. The molecule has 0 spiro atoms. The molecule has 0 bridgehead atoms. The molecule has 1 aliphatic rings. The van der Waals surface area contributed by atoms with Gasteiger partial charge < -0.3 is 14.8 Å². The van der Waals surface area contributed by atoms with E-state index in [1.807, 2.05) is 25.1 Å². The van der Waals surface area contributed by atoms with Crippen LogP contribution in [0.15, 0.2) is 36.7 Å². The van der Waals surface area contributed by atoms with Gasteiger partial charge in [-0.15, -0.1) is 0 Å². The highest BCUT2D eigenvalue weighted by atomic mass is 16.5. The topological polar surface area (TPSA) is 91.2 Å². The van der Waals surface area contributed by atoms with E-state index in [9.17, 15) is 4.79 Å². The van der Waals surface area contributed by atoms with Gasteiger partial charge in [-0.1, -0.05) is 6.07 Å². The van der Waals surface area contributed by atoms with E-state index in [1.165, 1.54) is 0 Å². The van der Waals surface area contributed by atoms with Crippen LogP contribution < -0.4 is 14.8 Å². The Kier molecular flexibility index (Phi) is 4.23. The first-order chi connectivity index (χ1) is 13.1. The van der Waals surface area contributed by atoms with Crippen molar-refractivity contribution < 1.29 is 14.3 Å². The predicted molar refractivity (Wildman–Crippen MR) is 98.5 cm³/mol. The number of carbonyl (C=O) groups is 1. The second kappa shape index (κ2) is 6.71. The molecule has 138 valence electrons. The minimum absolute atomic E-state index is 0.0839. The number of aryl methyl sites for hydroxylation is 1. The number of aromatic nitrogens is 4. The Morgan fingerprint density at radius 1 is 1.15 bits per heavy atom. The van der Waals surface area contributed by atoms with Gasteiger partial charge in [0.2, 0.25) is 5.91 Å². The molecular formula is C19H19N5O3. The van der Waals surface area contributed by atoms with Crippen molar-refractivity contribution in [2.45, 2.75) is 19.3 Å². The number of fused-ring (bicyclic) bond motifs is 1. The van der Waals surface area contributed by atoms with Crippen LogP contribution in [0.5, 0.6) is 11.5 Å². The standard InChI is InChI=1S/C19H19N5O3/c1-11-17-13(12-5-6-14(26-2)15(9-12)27-3)10-16(25)22-18(17)24(23-11)19-20-7-4-8-21-19/h4-9,13H,10H2,1-3H3,(H,22,25)/t13-/m0/s1. The summed E-state index contributed by atoms with van der Waals surface area (Å²) in [6, 6.07) is 7.43. The molecule has 2 aromatic heterocycles. The van der Waals surface area contributed by atoms with Crippen molar-refractivity contribution in [2.75, 3.05) is 19.5 Å². The molecule has 0 unspecified atom stereocenters. The number of hydrogen-bond acceptors (Lipinski definition) is 6. The fourth-order valence-corrected chi connectivity index (χ4v) is 3.45. The van der Waals surface area contributed by atoms with Crippen LogP contribution in [-0.4, -0.2) is 39.9 Å². The van der Waals surface area contributed by atoms with Gasteiger partial charge in [0.05, 0.1) is 19.9 Å². The van der Waals surface area contributed by atoms with Crippen molar-refractivity contribution in [3.8, 4) is 17.4 Å². The molecule has 0 fully saturated rings. The minimum atomic E-state index is -0.147. The number of carbonyl (C=O) groups excluding carboxylic acids is 1. The summed E-state index contributed by atoms with van der Waals surface area (Å²) < 4.78 is 12.3. The van der Waals surface area contributed by atoms with Gasteiger partial charge in [-0.25, -0.2) is 9.97 Å². The third-order valence-corrected chi connectivity index (χ3v) is 4.65. The molecule has 8 nitrogen and oxygen atoms in total. The number of ether oxygens (including phenoxy) is 2. The largest absolute Gasteiger partial charge is 0.493 e. The summed E-state index contributed by atoms with van der Waals surface area (Å²) in [4.78, 5) is 20.9. The minimum Gasteiger partial charge on any atom is -0.493 e. The first kappa shape index (κ1) is 17.0. The average molecular weight is 365 g/mol.